The van der Waals surface area contributed by atoms with Gasteiger partial charge in [0, 0.05) is 11.6 Å². The van der Waals surface area contributed by atoms with Crippen LogP contribution >= 0.6 is 0 Å². The van der Waals surface area contributed by atoms with Gasteiger partial charge in [0.15, 0.2) is 12.4 Å². The summed E-state index contributed by atoms with van der Waals surface area (Å²) in [6.07, 6.45) is 2.23. The zero-order valence-corrected chi connectivity index (χ0v) is 15.2. The van der Waals surface area contributed by atoms with Crippen LogP contribution in [0.15, 0.2) is 53.4 Å². The van der Waals surface area contributed by atoms with E-state index in [1.54, 1.807) is 30.3 Å². The third-order valence-electron chi connectivity index (χ3n) is 4.03. The van der Waals surface area contributed by atoms with Crippen molar-refractivity contribution in [1.29, 1.82) is 0 Å². The number of hydrogen-bond donors (Lipinski definition) is 1. The van der Waals surface area contributed by atoms with Crippen molar-refractivity contribution in [2.75, 3.05) is 6.61 Å². The molecule has 3 aromatic heterocycles. The molecule has 0 saturated heterocycles. The first-order valence-corrected chi connectivity index (χ1v) is 8.61. The molecule has 30 heavy (non-hydrogen) atoms. The number of carboxylic acids is 1. The van der Waals surface area contributed by atoms with Gasteiger partial charge in [-0.2, -0.15) is 14.5 Å². The van der Waals surface area contributed by atoms with Crippen molar-refractivity contribution in [3.05, 3.63) is 66.1 Å². The summed E-state index contributed by atoms with van der Waals surface area (Å²) in [6, 6.07) is 9.42. The van der Waals surface area contributed by atoms with Crippen LogP contribution in [-0.4, -0.2) is 42.6 Å². The minimum Gasteiger partial charge on any atom is -0.479 e. The number of aromatic nitrogens is 5. The highest BCUT2D eigenvalue weighted by Crippen LogP contribution is 2.26. The standard InChI is InChI=1S/C19H13F2N5O4/c20-12-4-2-1-3-11(12)9-26-16(14-5-6-30-25-14)7-15(24-26)18-22-8-13(21)19(23-18)29-10-17(27)28/h1-8H,9-10H2,(H,27,28). The second-order valence-corrected chi connectivity index (χ2v) is 6.08. The minimum absolute atomic E-state index is 0.00572. The van der Waals surface area contributed by atoms with Gasteiger partial charge in [-0.3, -0.25) is 4.68 Å². The van der Waals surface area contributed by atoms with Crippen LogP contribution in [0.2, 0.25) is 0 Å². The van der Waals surface area contributed by atoms with E-state index in [1.807, 2.05) is 0 Å². The van der Waals surface area contributed by atoms with E-state index in [0.29, 0.717) is 17.0 Å². The second kappa shape index (κ2) is 8.07. The van der Waals surface area contributed by atoms with Crippen LogP contribution in [0.5, 0.6) is 5.88 Å². The zero-order chi connectivity index (χ0) is 21.1. The summed E-state index contributed by atoms with van der Waals surface area (Å²) in [5.41, 5.74) is 1.55. The molecular formula is C19H13F2N5O4. The molecule has 4 aromatic rings. The smallest absolute Gasteiger partial charge is 0.341 e. The van der Waals surface area contributed by atoms with Gasteiger partial charge in [0.05, 0.1) is 18.4 Å². The molecule has 0 unspecified atom stereocenters. The molecule has 1 aromatic carbocycles. The maximum atomic E-state index is 14.1. The molecule has 3 heterocycles. The highest BCUT2D eigenvalue weighted by molar-refractivity contribution is 5.68. The van der Waals surface area contributed by atoms with Crippen LogP contribution in [0.25, 0.3) is 22.9 Å². The molecule has 9 nitrogen and oxygen atoms in total. The van der Waals surface area contributed by atoms with Gasteiger partial charge in [-0.25, -0.2) is 14.2 Å². The first-order chi connectivity index (χ1) is 14.5. The van der Waals surface area contributed by atoms with Crippen molar-refractivity contribution < 1.29 is 27.9 Å². The molecule has 4 rings (SSSR count). The van der Waals surface area contributed by atoms with E-state index in [1.165, 1.54) is 17.0 Å². The Morgan fingerprint density at radius 3 is 2.73 bits per heavy atom. The molecule has 0 atom stereocenters. The van der Waals surface area contributed by atoms with Gasteiger partial charge in [-0.15, -0.1) is 0 Å². The highest BCUT2D eigenvalue weighted by Gasteiger charge is 2.19. The number of aliphatic carboxylic acids is 1. The fraction of sp³-hybridized carbons (Fsp3) is 0.105. The molecule has 0 radical (unpaired) electrons. The molecule has 0 amide bonds. The Morgan fingerprint density at radius 1 is 1.17 bits per heavy atom. The Kier molecular flexibility index (Phi) is 5.16. The highest BCUT2D eigenvalue weighted by atomic mass is 19.1. The summed E-state index contributed by atoms with van der Waals surface area (Å²) in [5.74, 6) is -3.12. The predicted octanol–water partition coefficient (Wildman–Crippen LogP) is 2.79. The van der Waals surface area contributed by atoms with Crippen molar-refractivity contribution in [3.63, 3.8) is 0 Å². The van der Waals surface area contributed by atoms with Crippen LogP contribution in [0.4, 0.5) is 8.78 Å². The third-order valence-corrected chi connectivity index (χ3v) is 4.03. The fourth-order valence-corrected chi connectivity index (χ4v) is 2.69. The number of benzene rings is 1. The largest absolute Gasteiger partial charge is 0.479 e. The topological polar surface area (TPSA) is 116 Å². The maximum Gasteiger partial charge on any atom is 0.341 e. The van der Waals surface area contributed by atoms with E-state index in [4.69, 9.17) is 14.4 Å². The van der Waals surface area contributed by atoms with Crippen molar-refractivity contribution in [2.24, 2.45) is 0 Å². The van der Waals surface area contributed by atoms with Crippen LogP contribution in [0.3, 0.4) is 0 Å². The molecule has 0 spiro atoms. The van der Waals surface area contributed by atoms with E-state index in [-0.39, 0.29) is 18.1 Å². The Morgan fingerprint density at radius 2 is 2.00 bits per heavy atom. The van der Waals surface area contributed by atoms with Crippen LogP contribution in [0, 0.1) is 11.6 Å². The van der Waals surface area contributed by atoms with Crippen LogP contribution < -0.4 is 4.74 Å². The lowest BCUT2D eigenvalue weighted by Gasteiger charge is -2.06. The van der Waals surface area contributed by atoms with Gasteiger partial charge in [-0.05, 0) is 12.1 Å². The Balaban J connectivity index is 1.74. The quantitative estimate of drug-likeness (QED) is 0.492. The third kappa shape index (κ3) is 3.99. The van der Waals surface area contributed by atoms with E-state index >= 15 is 0 Å². The van der Waals surface area contributed by atoms with Crippen molar-refractivity contribution in [2.45, 2.75) is 6.54 Å². The average Bonchev–Trinajstić information content (AvgIpc) is 3.39. The van der Waals surface area contributed by atoms with Crippen molar-refractivity contribution >= 4 is 5.97 Å². The summed E-state index contributed by atoms with van der Waals surface area (Å²) in [4.78, 5) is 18.5. The number of carboxylic acid groups (broad SMARTS) is 1. The Hall–Kier alpha value is -4.15. The second-order valence-electron chi connectivity index (χ2n) is 6.08. The molecule has 0 aliphatic heterocycles. The summed E-state index contributed by atoms with van der Waals surface area (Å²) < 4.78 is 39.2. The van der Waals surface area contributed by atoms with Gasteiger partial charge >= 0.3 is 5.97 Å². The first kappa shape index (κ1) is 19.2. The fourth-order valence-electron chi connectivity index (χ4n) is 2.69. The number of halogens is 2. The summed E-state index contributed by atoms with van der Waals surface area (Å²) in [6.45, 7) is -0.683. The van der Waals surface area contributed by atoms with E-state index in [0.717, 1.165) is 6.20 Å². The molecule has 1 N–H and O–H groups in total. The van der Waals surface area contributed by atoms with Gasteiger partial charge < -0.3 is 14.4 Å². The first-order valence-electron chi connectivity index (χ1n) is 8.61. The SMILES string of the molecule is O=C(O)COc1nc(-c2cc(-c3ccon3)n(Cc3ccccc3F)n2)ncc1F. The average molecular weight is 413 g/mol. The van der Waals surface area contributed by atoms with Gasteiger partial charge in [0.1, 0.15) is 23.5 Å². The lowest BCUT2D eigenvalue weighted by molar-refractivity contribution is -0.139. The number of ether oxygens (including phenoxy) is 1. The van der Waals surface area contributed by atoms with E-state index in [2.05, 4.69) is 20.2 Å². The molecule has 0 saturated carbocycles. The lowest BCUT2D eigenvalue weighted by Crippen LogP contribution is -2.12. The summed E-state index contributed by atoms with van der Waals surface area (Å²) >= 11 is 0. The van der Waals surface area contributed by atoms with E-state index in [9.17, 15) is 13.6 Å². The molecule has 152 valence electrons. The minimum atomic E-state index is -1.28. The predicted molar refractivity (Wildman–Crippen MR) is 97.3 cm³/mol. The monoisotopic (exact) mass is 413 g/mol. The number of nitrogens with zero attached hydrogens (tertiary/aromatic N) is 5. The lowest BCUT2D eigenvalue weighted by atomic mass is 10.2. The van der Waals surface area contributed by atoms with Crippen LogP contribution in [0.1, 0.15) is 5.56 Å². The Bertz CT molecular complexity index is 1190. The van der Waals surface area contributed by atoms with Gasteiger partial charge in [0.25, 0.3) is 5.88 Å². The molecule has 0 fully saturated rings. The molecule has 0 aliphatic rings. The normalized spacial score (nSPS) is 10.9. The molecule has 0 bridgehead atoms. The van der Waals surface area contributed by atoms with Gasteiger partial charge in [-0.1, -0.05) is 23.4 Å². The Labute approximate surface area is 167 Å². The maximum absolute atomic E-state index is 14.1. The van der Waals surface area contributed by atoms with Crippen molar-refractivity contribution in [1.82, 2.24) is 24.9 Å². The van der Waals surface area contributed by atoms with E-state index < -0.39 is 30.1 Å². The summed E-state index contributed by atoms with van der Waals surface area (Å²) in [5, 5.41) is 17.0. The number of rotatable bonds is 7. The van der Waals surface area contributed by atoms with Crippen LogP contribution in [-0.2, 0) is 11.3 Å². The molecule has 11 heteroatoms. The summed E-state index contributed by atoms with van der Waals surface area (Å²) in [7, 11) is 0. The molecule has 0 aliphatic carbocycles. The van der Waals surface area contributed by atoms with Crippen molar-refractivity contribution in [3.8, 4) is 28.8 Å². The van der Waals surface area contributed by atoms with Gasteiger partial charge in [0.2, 0.25) is 5.82 Å². The number of carbonyl (C=O) groups is 1. The number of hydrogen-bond acceptors (Lipinski definition) is 7. The zero-order valence-electron chi connectivity index (χ0n) is 15.2. The molecular weight excluding hydrogens is 400 g/mol.